The summed E-state index contributed by atoms with van der Waals surface area (Å²) in [6, 6.07) is 0. The third-order valence-corrected chi connectivity index (χ3v) is 4.80. The zero-order valence-electron chi connectivity index (χ0n) is 12.6. The molecule has 0 heterocycles. The molecule has 20 heavy (non-hydrogen) atoms. The molecular formula is C18H26O2. The molecule has 0 aromatic rings. The standard InChI is InChI=1S/C18H26O2/c1-3-4-5-7-13(2)17(19)11-10-16-15-9-6-8-14(15)12-18(16)20/h13-20H,3,6-9,12H2,1-2H3/t13-,14-,15-,16+,17+,18+/m0/s1. The molecular weight excluding hydrogens is 248 g/mol. The fraction of sp³-hybridized carbons (Fsp3) is 0.778. The highest BCUT2D eigenvalue weighted by atomic mass is 16.3. The summed E-state index contributed by atoms with van der Waals surface area (Å²) in [4.78, 5) is 0. The lowest BCUT2D eigenvalue weighted by atomic mass is 9.91. The highest BCUT2D eigenvalue weighted by Gasteiger charge is 2.43. The SMILES string of the molecule is CCC#CC[C@H](C)[C@H](O)C#C[C@@H]1[C@H]2CCC[C@H]2C[C@H]1O. The first-order valence-electron chi connectivity index (χ1n) is 7.96. The fourth-order valence-electron chi connectivity index (χ4n) is 3.57. The van der Waals surface area contributed by atoms with Gasteiger partial charge in [0.15, 0.2) is 0 Å². The predicted octanol–water partition coefficient (Wildman–Crippen LogP) is 2.59. The van der Waals surface area contributed by atoms with Gasteiger partial charge in [-0.05, 0) is 24.7 Å². The van der Waals surface area contributed by atoms with Gasteiger partial charge in [0.2, 0.25) is 0 Å². The molecule has 2 fully saturated rings. The fourth-order valence-corrected chi connectivity index (χ4v) is 3.57. The van der Waals surface area contributed by atoms with Crippen molar-refractivity contribution in [3.05, 3.63) is 0 Å². The van der Waals surface area contributed by atoms with Gasteiger partial charge in [-0.2, -0.15) is 0 Å². The van der Waals surface area contributed by atoms with Crippen LogP contribution in [0.5, 0.6) is 0 Å². The van der Waals surface area contributed by atoms with E-state index in [1.54, 1.807) is 0 Å². The average Bonchev–Trinajstić information content (AvgIpc) is 2.97. The third-order valence-electron chi connectivity index (χ3n) is 4.80. The van der Waals surface area contributed by atoms with E-state index in [0.717, 1.165) is 12.8 Å². The van der Waals surface area contributed by atoms with Crippen LogP contribution in [-0.4, -0.2) is 22.4 Å². The maximum absolute atomic E-state index is 10.1. The van der Waals surface area contributed by atoms with Crippen LogP contribution in [0.15, 0.2) is 0 Å². The summed E-state index contributed by atoms with van der Waals surface area (Å²) in [5.41, 5.74) is 0. The van der Waals surface area contributed by atoms with Gasteiger partial charge >= 0.3 is 0 Å². The van der Waals surface area contributed by atoms with Gasteiger partial charge in [-0.1, -0.05) is 38.5 Å². The van der Waals surface area contributed by atoms with Crippen molar-refractivity contribution in [2.24, 2.45) is 23.7 Å². The Morgan fingerprint density at radius 1 is 1.25 bits per heavy atom. The molecule has 2 N–H and O–H groups in total. The average molecular weight is 274 g/mol. The van der Waals surface area contributed by atoms with Crippen molar-refractivity contribution in [1.82, 2.24) is 0 Å². The second kappa shape index (κ2) is 7.16. The first-order chi connectivity index (χ1) is 9.63. The van der Waals surface area contributed by atoms with Crippen LogP contribution in [0.2, 0.25) is 0 Å². The van der Waals surface area contributed by atoms with Gasteiger partial charge in [-0.15, -0.1) is 11.8 Å². The maximum atomic E-state index is 10.1. The zero-order chi connectivity index (χ0) is 14.5. The van der Waals surface area contributed by atoms with Gasteiger partial charge < -0.3 is 10.2 Å². The number of rotatable bonds is 2. The summed E-state index contributed by atoms with van der Waals surface area (Å²) < 4.78 is 0. The molecule has 0 amide bonds. The van der Waals surface area contributed by atoms with Crippen LogP contribution < -0.4 is 0 Å². The van der Waals surface area contributed by atoms with Gasteiger partial charge in [0.1, 0.15) is 6.10 Å². The molecule has 2 aliphatic rings. The number of aliphatic hydroxyl groups excluding tert-OH is 2. The smallest absolute Gasteiger partial charge is 0.118 e. The monoisotopic (exact) mass is 274 g/mol. The summed E-state index contributed by atoms with van der Waals surface area (Å²) >= 11 is 0. The molecule has 0 spiro atoms. The Balaban J connectivity index is 1.92. The molecule has 0 unspecified atom stereocenters. The van der Waals surface area contributed by atoms with Crippen molar-refractivity contribution < 1.29 is 10.2 Å². The largest absolute Gasteiger partial charge is 0.392 e. The van der Waals surface area contributed by atoms with Crippen molar-refractivity contribution in [2.45, 2.75) is 64.6 Å². The number of fused-ring (bicyclic) bond motifs is 1. The highest BCUT2D eigenvalue weighted by Crippen LogP contribution is 2.47. The number of hydrogen-bond donors (Lipinski definition) is 2. The van der Waals surface area contributed by atoms with Gasteiger partial charge in [-0.25, -0.2) is 0 Å². The minimum atomic E-state index is -0.631. The Kier molecular flexibility index (Phi) is 5.53. The molecule has 0 saturated heterocycles. The van der Waals surface area contributed by atoms with Crippen LogP contribution in [0.1, 0.15) is 52.4 Å². The maximum Gasteiger partial charge on any atom is 0.118 e. The molecule has 2 aliphatic carbocycles. The van der Waals surface area contributed by atoms with Crippen LogP contribution >= 0.6 is 0 Å². The second-order valence-corrected chi connectivity index (χ2v) is 6.31. The van der Waals surface area contributed by atoms with Gasteiger partial charge in [0.25, 0.3) is 0 Å². The van der Waals surface area contributed by atoms with Crippen molar-refractivity contribution in [3.8, 4) is 23.7 Å². The minimum absolute atomic E-state index is 0.0690. The molecule has 6 atom stereocenters. The predicted molar refractivity (Wildman–Crippen MR) is 80.6 cm³/mol. The van der Waals surface area contributed by atoms with Crippen molar-refractivity contribution >= 4 is 0 Å². The van der Waals surface area contributed by atoms with Crippen molar-refractivity contribution in [1.29, 1.82) is 0 Å². The van der Waals surface area contributed by atoms with Crippen LogP contribution in [0, 0.1) is 47.4 Å². The van der Waals surface area contributed by atoms with Crippen LogP contribution in [0.4, 0.5) is 0 Å². The zero-order valence-corrected chi connectivity index (χ0v) is 12.6. The lowest BCUT2D eigenvalue weighted by molar-refractivity contribution is 0.141. The summed E-state index contributed by atoms with van der Waals surface area (Å²) in [7, 11) is 0. The Morgan fingerprint density at radius 3 is 2.80 bits per heavy atom. The molecule has 2 nitrogen and oxygen atoms in total. The van der Waals surface area contributed by atoms with Gasteiger partial charge in [0.05, 0.1) is 6.10 Å². The van der Waals surface area contributed by atoms with E-state index in [4.69, 9.17) is 0 Å². The van der Waals surface area contributed by atoms with Crippen LogP contribution in [0.3, 0.4) is 0 Å². The van der Waals surface area contributed by atoms with E-state index < -0.39 is 6.10 Å². The third kappa shape index (κ3) is 3.57. The topological polar surface area (TPSA) is 40.5 Å². The normalized spacial score (nSPS) is 34.4. The molecule has 2 heteroatoms. The quantitative estimate of drug-likeness (QED) is 0.760. The number of aliphatic hydroxyl groups is 2. The Hall–Kier alpha value is -0.960. The molecule has 0 aromatic heterocycles. The first kappa shape index (κ1) is 15.4. The molecule has 2 saturated carbocycles. The Morgan fingerprint density at radius 2 is 2.05 bits per heavy atom. The number of hydrogen-bond acceptors (Lipinski definition) is 2. The van der Waals surface area contributed by atoms with E-state index in [2.05, 4.69) is 23.7 Å². The van der Waals surface area contributed by atoms with Crippen molar-refractivity contribution in [3.63, 3.8) is 0 Å². The Bertz CT molecular complexity index is 434. The molecule has 2 rings (SSSR count). The molecule has 0 aromatic carbocycles. The van der Waals surface area contributed by atoms with E-state index in [-0.39, 0.29) is 17.9 Å². The van der Waals surface area contributed by atoms with E-state index in [0.29, 0.717) is 18.3 Å². The first-order valence-corrected chi connectivity index (χ1v) is 7.96. The van der Waals surface area contributed by atoms with Gasteiger partial charge in [-0.3, -0.25) is 0 Å². The van der Waals surface area contributed by atoms with Crippen LogP contribution in [-0.2, 0) is 0 Å². The lowest BCUT2D eigenvalue weighted by Crippen LogP contribution is -2.19. The van der Waals surface area contributed by atoms with E-state index in [9.17, 15) is 10.2 Å². The minimum Gasteiger partial charge on any atom is -0.392 e. The lowest BCUT2D eigenvalue weighted by Gasteiger charge is -2.15. The van der Waals surface area contributed by atoms with E-state index in [1.165, 1.54) is 19.3 Å². The molecule has 110 valence electrons. The Labute approximate surface area is 123 Å². The van der Waals surface area contributed by atoms with E-state index in [1.807, 2.05) is 13.8 Å². The highest BCUT2D eigenvalue weighted by molar-refractivity contribution is 5.16. The molecule has 0 radical (unpaired) electrons. The summed E-state index contributed by atoms with van der Waals surface area (Å²) in [6.45, 7) is 4.00. The summed E-state index contributed by atoms with van der Waals surface area (Å²) in [6.07, 6.45) is 5.22. The second-order valence-electron chi connectivity index (χ2n) is 6.31. The van der Waals surface area contributed by atoms with Crippen LogP contribution in [0.25, 0.3) is 0 Å². The van der Waals surface area contributed by atoms with Gasteiger partial charge in [0, 0.05) is 24.7 Å². The molecule has 0 aliphatic heterocycles. The summed E-state index contributed by atoms with van der Waals surface area (Å²) in [5, 5.41) is 20.2. The molecule has 0 bridgehead atoms. The summed E-state index contributed by atoms with van der Waals surface area (Å²) in [5.74, 6) is 13.6. The van der Waals surface area contributed by atoms with Crippen molar-refractivity contribution in [2.75, 3.05) is 0 Å². The van der Waals surface area contributed by atoms with E-state index >= 15 is 0 Å².